The number of rotatable bonds is 5. The van der Waals surface area contributed by atoms with E-state index in [2.05, 4.69) is 16.1 Å². The molecule has 82 valence electrons. The maximum atomic E-state index is 12.9. The zero-order valence-corrected chi connectivity index (χ0v) is 7.18. The number of esters is 1. The van der Waals surface area contributed by atoms with Crippen LogP contribution in [-0.4, -0.2) is 31.7 Å². The summed E-state index contributed by atoms with van der Waals surface area (Å²) in [5, 5.41) is 0. The monoisotopic (exact) mass is 216 g/mol. The number of alkyl halides is 4. The van der Waals surface area contributed by atoms with Crippen LogP contribution >= 0.6 is 0 Å². The van der Waals surface area contributed by atoms with Crippen molar-refractivity contribution in [1.82, 2.24) is 0 Å². The van der Waals surface area contributed by atoms with Gasteiger partial charge in [-0.1, -0.05) is 6.58 Å². The number of methoxy groups -OCH3 is 1. The van der Waals surface area contributed by atoms with E-state index in [9.17, 15) is 22.4 Å². The van der Waals surface area contributed by atoms with Gasteiger partial charge < -0.3 is 9.47 Å². The highest BCUT2D eigenvalue weighted by molar-refractivity contribution is 5.81. The molecule has 14 heavy (non-hydrogen) atoms. The highest BCUT2D eigenvalue weighted by Gasteiger charge is 2.52. The fourth-order valence-electron chi connectivity index (χ4n) is 0.511. The molecule has 2 atom stereocenters. The second-order valence-electron chi connectivity index (χ2n) is 2.16. The first-order valence-electron chi connectivity index (χ1n) is 3.37. The largest absolute Gasteiger partial charge is 0.421 e. The standard InChI is InChI=1S/C7H8F4O3/c1-3-4(12)14-6(10)7(11,13-2)5(8)9/h3,5-6H,1H2,2H3. The number of hydrogen-bond acceptors (Lipinski definition) is 3. The van der Waals surface area contributed by atoms with Crippen molar-refractivity contribution in [2.24, 2.45) is 0 Å². The first kappa shape index (κ1) is 12.9. The molecule has 0 aliphatic carbocycles. The first-order chi connectivity index (χ1) is 6.38. The van der Waals surface area contributed by atoms with Gasteiger partial charge in [0, 0.05) is 13.2 Å². The summed E-state index contributed by atoms with van der Waals surface area (Å²) in [6.07, 6.45) is -6.48. The molecule has 3 nitrogen and oxygen atoms in total. The summed E-state index contributed by atoms with van der Waals surface area (Å²) in [5.41, 5.74) is 0. The van der Waals surface area contributed by atoms with Crippen LogP contribution in [-0.2, 0) is 14.3 Å². The van der Waals surface area contributed by atoms with Gasteiger partial charge in [-0.05, 0) is 0 Å². The zero-order valence-electron chi connectivity index (χ0n) is 7.18. The minimum absolute atomic E-state index is 0.508. The van der Waals surface area contributed by atoms with Gasteiger partial charge in [0.2, 0.25) is 0 Å². The average molecular weight is 216 g/mol. The van der Waals surface area contributed by atoms with Crippen LogP contribution in [0.3, 0.4) is 0 Å². The van der Waals surface area contributed by atoms with Crippen LogP contribution in [0, 0.1) is 0 Å². The molecule has 0 N–H and O–H groups in total. The molecular formula is C7H8F4O3. The van der Waals surface area contributed by atoms with Crippen LogP contribution in [0.15, 0.2) is 12.7 Å². The van der Waals surface area contributed by atoms with E-state index in [4.69, 9.17) is 0 Å². The van der Waals surface area contributed by atoms with E-state index in [1.165, 1.54) is 0 Å². The minimum Gasteiger partial charge on any atom is -0.421 e. The summed E-state index contributed by atoms with van der Waals surface area (Å²) >= 11 is 0. The van der Waals surface area contributed by atoms with E-state index in [-0.39, 0.29) is 0 Å². The number of ether oxygens (including phenoxy) is 2. The van der Waals surface area contributed by atoms with Gasteiger partial charge >= 0.3 is 24.6 Å². The Morgan fingerprint density at radius 1 is 1.50 bits per heavy atom. The predicted octanol–water partition coefficient (Wildman–Crippen LogP) is 1.59. The van der Waals surface area contributed by atoms with Crippen LogP contribution in [0.1, 0.15) is 0 Å². The smallest absolute Gasteiger partial charge is 0.337 e. The Bertz CT molecular complexity index is 221. The molecule has 0 aliphatic heterocycles. The molecule has 0 saturated heterocycles. The summed E-state index contributed by atoms with van der Waals surface area (Å²) in [4.78, 5) is 10.4. The lowest BCUT2D eigenvalue weighted by Crippen LogP contribution is -2.46. The molecule has 0 fully saturated rings. The third-order valence-corrected chi connectivity index (χ3v) is 1.31. The Labute approximate surface area is 77.3 Å². The van der Waals surface area contributed by atoms with Crippen molar-refractivity contribution in [3.63, 3.8) is 0 Å². The van der Waals surface area contributed by atoms with Crippen LogP contribution in [0.2, 0.25) is 0 Å². The maximum absolute atomic E-state index is 12.9. The van der Waals surface area contributed by atoms with Crippen LogP contribution < -0.4 is 0 Å². The van der Waals surface area contributed by atoms with Crippen molar-refractivity contribution < 1.29 is 31.8 Å². The first-order valence-corrected chi connectivity index (χ1v) is 3.37. The molecule has 0 radical (unpaired) electrons. The van der Waals surface area contributed by atoms with Gasteiger partial charge in [0.25, 0.3) is 0 Å². The molecule has 0 heterocycles. The lowest BCUT2D eigenvalue weighted by molar-refractivity contribution is -0.290. The van der Waals surface area contributed by atoms with Crippen LogP contribution in [0.25, 0.3) is 0 Å². The third-order valence-electron chi connectivity index (χ3n) is 1.31. The topological polar surface area (TPSA) is 35.5 Å². The van der Waals surface area contributed by atoms with E-state index < -0.39 is 24.6 Å². The summed E-state index contributed by atoms with van der Waals surface area (Å²) in [5.74, 6) is -5.32. The molecule has 0 aliphatic rings. The van der Waals surface area contributed by atoms with E-state index in [1.807, 2.05) is 0 Å². The van der Waals surface area contributed by atoms with Crippen molar-refractivity contribution in [2.75, 3.05) is 7.11 Å². The SMILES string of the molecule is C=CC(=O)OC(F)C(F)(OC)C(F)F. The molecule has 0 amide bonds. The van der Waals surface area contributed by atoms with Gasteiger partial charge in [-0.15, -0.1) is 0 Å². The molecule has 0 bridgehead atoms. The zero-order chi connectivity index (χ0) is 11.4. The summed E-state index contributed by atoms with van der Waals surface area (Å²) in [7, 11) is 0.528. The lowest BCUT2D eigenvalue weighted by atomic mass is 10.3. The van der Waals surface area contributed by atoms with E-state index in [0.717, 1.165) is 0 Å². The lowest BCUT2D eigenvalue weighted by Gasteiger charge is -2.25. The Morgan fingerprint density at radius 3 is 2.29 bits per heavy atom. The van der Waals surface area contributed by atoms with Gasteiger partial charge in [-0.25, -0.2) is 13.6 Å². The van der Waals surface area contributed by atoms with Gasteiger partial charge in [0.05, 0.1) is 0 Å². The molecular weight excluding hydrogens is 208 g/mol. The highest BCUT2D eigenvalue weighted by Crippen LogP contribution is 2.28. The fraction of sp³-hybridized carbons (Fsp3) is 0.571. The Hall–Kier alpha value is -1.11. The molecule has 0 spiro atoms. The predicted molar refractivity (Wildman–Crippen MR) is 38.0 cm³/mol. The van der Waals surface area contributed by atoms with Crippen LogP contribution in [0.4, 0.5) is 17.6 Å². The number of carbonyl (C=O) groups is 1. The van der Waals surface area contributed by atoms with Crippen molar-refractivity contribution >= 4 is 5.97 Å². The van der Waals surface area contributed by atoms with E-state index in [1.54, 1.807) is 0 Å². The van der Waals surface area contributed by atoms with E-state index >= 15 is 0 Å². The van der Waals surface area contributed by atoms with Crippen LogP contribution in [0.5, 0.6) is 0 Å². The maximum Gasteiger partial charge on any atom is 0.337 e. The van der Waals surface area contributed by atoms with Gasteiger partial charge in [-0.3, -0.25) is 0 Å². The minimum atomic E-state index is -3.96. The second kappa shape index (κ2) is 4.94. The van der Waals surface area contributed by atoms with Gasteiger partial charge in [-0.2, -0.15) is 8.78 Å². The normalized spacial score (nSPS) is 17.3. The Kier molecular flexibility index (Phi) is 4.55. The highest BCUT2D eigenvalue weighted by atomic mass is 19.3. The molecule has 0 aromatic rings. The third kappa shape index (κ3) is 2.69. The molecule has 0 rings (SSSR count). The van der Waals surface area contributed by atoms with E-state index in [0.29, 0.717) is 13.2 Å². The number of halogens is 4. The average Bonchev–Trinajstić information content (AvgIpc) is 2.15. The summed E-state index contributed by atoms with van der Waals surface area (Å²) in [6, 6.07) is 0. The van der Waals surface area contributed by atoms with Crippen molar-refractivity contribution in [3.8, 4) is 0 Å². The van der Waals surface area contributed by atoms with Gasteiger partial charge in [0.1, 0.15) is 0 Å². The molecule has 2 unspecified atom stereocenters. The molecule has 0 saturated carbocycles. The fourth-order valence-corrected chi connectivity index (χ4v) is 0.511. The summed E-state index contributed by atoms with van der Waals surface area (Å²) < 4.78 is 56.6. The van der Waals surface area contributed by atoms with Crippen molar-refractivity contribution in [1.29, 1.82) is 0 Å². The molecule has 7 heteroatoms. The van der Waals surface area contributed by atoms with Crippen molar-refractivity contribution in [2.45, 2.75) is 18.6 Å². The molecule has 0 aromatic heterocycles. The Balaban J connectivity index is 4.53. The van der Waals surface area contributed by atoms with Crippen molar-refractivity contribution in [3.05, 3.63) is 12.7 Å². The summed E-state index contributed by atoms with van der Waals surface area (Å²) in [6.45, 7) is 2.87. The molecule has 0 aromatic carbocycles. The van der Waals surface area contributed by atoms with Gasteiger partial charge in [0.15, 0.2) is 0 Å². The number of hydrogen-bond donors (Lipinski definition) is 0. The quantitative estimate of drug-likeness (QED) is 0.397. The second-order valence-corrected chi connectivity index (χ2v) is 2.16. The number of carbonyl (C=O) groups excluding carboxylic acids is 1. The Morgan fingerprint density at radius 2 is 2.00 bits per heavy atom.